The number of aryl methyl sites for hydroxylation is 2. The van der Waals surface area contributed by atoms with Crippen LogP contribution >= 0.6 is 0 Å². The lowest BCUT2D eigenvalue weighted by atomic mass is 10.1. The van der Waals surface area contributed by atoms with Crippen molar-refractivity contribution in [3.8, 4) is 5.75 Å². The van der Waals surface area contributed by atoms with Crippen molar-refractivity contribution < 1.29 is 18.8 Å². The monoisotopic (exact) mass is 330 g/mol. The van der Waals surface area contributed by atoms with Crippen molar-refractivity contribution in [2.75, 3.05) is 19.8 Å². The van der Waals surface area contributed by atoms with Gasteiger partial charge in [0.1, 0.15) is 18.1 Å². The lowest BCUT2D eigenvalue weighted by Gasteiger charge is -2.10. The van der Waals surface area contributed by atoms with Crippen molar-refractivity contribution >= 4 is 5.91 Å². The number of carbonyl (C=O) groups excluding carboxylic acids is 1. The van der Waals surface area contributed by atoms with Gasteiger partial charge in [-0.1, -0.05) is 5.16 Å². The summed E-state index contributed by atoms with van der Waals surface area (Å²) in [5.41, 5.74) is 2.41. The van der Waals surface area contributed by atoms with Crippen LogP contribution in [-0.2, 0) is 11.3 Å². The van der Waals surface area contributed by atoms with Crippen LogP contribution in [0.3, 0.4) is 0 Å². The van der Waals surface area contributed by atoms with Gasteiger partial charge < -0.3 is 19.3 Å². The standard InChI is InChI=1S/C18H22N2O4/c1-12-17(13(2)24-20-12)11-23-16-5-3-15(4-6-16)18(21)19-9-14-7-8-22-10-14/h3-6,14H,7-11H2,1-2H3,(H,19,21). The number of ether oxygens (including phenoxy) is 2. The Morgan fingerprint density at radius 3 is 2.75 bits per heavy atom. The van der Waals surface area contributed by atoms with Gasteiger partial charge in [-0.25, -0.2) is 0 Å². The fourth-order valence-corrected chi connectivity index (χ4v) is 2.65. The van der Waals surface area contributed by atoms with E-state index in [2.05, 4.69) is 10.5 Å². The second kappa shape index (κ2) is 7.49. The maximum absolute atomic E-state index is 12.1. The molecule has 1 aromatic heterocycles. The molecule has 1 fully saturated rings. The summed E-state index contributed by atoms with van der Waals surface area (Å²) in [7, 11) is 0. The van der Waals surface area contributed by atoms with E-state index in [1.54, 1.807) is 24.3 Å². The normalized spacial score (nSPS) is 17.0. The molecule has 6 nitrogen and oxygen atoms in total. The number of benzene rings is 1. The van der Waals surface area contributed by atoms with E-state index in [1.807, 2.05) is 13.8 Å². The number of nitrogens with one attached hydrogen (secondary N) is 1. The smallest absolute Gasteiger partial charge is 0.251 e. The van der Waals surface area contributed by atoms with E-state index in [-0.39, 0.29) is 5.91 Å². The zero-order valence-corrected chi connectivity index (χ0v) is 14.0. The van der Waals surface area contributed by atoms with Gasteiger partial charge in [0, 0.05) is 24.6 Å². The van der Waals surface area contributed by atoms with E-state index in [4.69, 9.17) is 14.0 Å². The molecule has 1 aliphatic heterocycles. The molecule has 0 bridgehead atoms. The van der Waals surface area contributed by atoms with Gasteiger partial charge in [0.2, 0.25) is 0 Å². The Kier molecular flexibility index (Phi) is 5.15. The summed E-state index contributed by atoms with van der Waals surface area (Å²) in [5.74, 6) is 1.82. The summed E-state index contributed by atoms with van der Waals surface area (Å²) in [6.07, 6.45) is 1.01. The minimum atomic E-state index is -0.0702. The largest absolute Gasteiger partial charge is 0.489 e. The van der Waals surface area contributed by atoms with Gasteiger partial charge in [-0.2, -0.15) is 0 Å². The Morgan fingerprint density at radius 2 is 2.12 bits per heavy atom. The molecule has 1 unspecified atom stereocenters. The maximum Gasteiger partial charge on any atom is 0.251 e. The van der Waals surface area contributed by atoms with Crippen LogP contribution in [-0.4, -0.2) is 30.8 Å². The topological polar surface area (TPSA) is 73.6 Å². The Bertz CT molecular complexity index is 668. The second-order valence-corrected chi connectivity index (χ2v) is 6.06. The van der Waals surface area contributed by atoms with Gasteiger partial charge in [-0.3, -0.25) is 4.79 Å². The lowest BCUT2D eigenvalue weighted by molar-refractivity contribution is 0.0945. The van der Waals surface area contributed by atoms with Crippen LogP contribution < -0.4 is 10.1 Å². The van der Waals surface area contributed by atoms with Crippen LogP contribution in [0.2, 0.25) is 0 Å². The van der Waals surface area contributed by atoms with Gasteiger partial charge in [0.15, 0.2) is 0 Å². The number of carbonyl (C=O) groups is 1. The second-order valence-electron chi connectivity index (χ2n) is 6.06. The average molecular weight is 330 g/mol. The van der Waals surface area contributed by atoms with E-state index in [9.17, 15) is 4.79 Å². The van der Waals surface area contributed by atoms with Gasteiger partial charge in [-0.05, 0) is 44.5 Å². The highest BCUT2D eigenvalue weighted by Gasteiger charge is 2.16. The van der Waals surface area contributed by atoms with Crippen molar-refractivity contribution in [1.82, 2.24) is 10.5 Å². The third-order valence-electron chi connectivity index (χ3n) is 4.26. The van der Waals surface area contributed by atoms with Crippen molar-refractivity contribution in [1.29, 1.82) is 0 Å². The molecule has 1 aromatic carbocycles. The van der Waals surface area contributed by atoms with Crippen LogP contribution in [0.5, 0.6) is 5.75 Å². The summed E-state index contributed by atoms with van der Waals surface area (Å²) in [4.78, 5) is 12.1. The lowest BCUT2D eigenvalue weighted by Crippen LogP contribution is -2.29. The molecule has 1 amide bonds. The molecular formula is C18H22N2O4. The van der Waals surface area contributed by atoms with E-state index in [0.29, 0.717) is 30.4 Å². The number of hydrogen-bond acceptors (Lipinski definition) is 5. The zero-order chi connectivity index (χ0) is 16.9. The highest BCUT2D eigenvalue weighted by Crippen LogP contribution is 2.18. The molecule has 0 radical (unpaired) electrons. The molecular weight excluding hydrogens is 308 g/mol. The molecule has 0 spiro atoms. The van der Waals surface area contributed by atoms with Gasteiger partial charge in [0.05, 0.1) is 17.9 Å². The molecule has 1 N–H and O–H groups in total. The van der Waals surface area contributed by atoms with Crippen molar-refractivity contribution in [2.24, 2.45) is 5.92 Å². The van der Waals surface area contributed by atoms with Crippen molar-refractivity contribution in [3.05, 3.63) is 46.8 Å². The quantitative estimate of drug-likeness (QED) is 0.881. The number of nitrogens with zero attached hydrogens (tertiary/aromatic N) is 1. The molecule has 2 aromatic rings. The molecule has 1 aliphatic rings. The minimum absolute atomic E-state index is 0.0702. The summed E-state index contributed by atoms with van der Waals surface area (Å²) < 4.78 is 16.2. The summed E-state index contributed by atoms with van der Waals surface area (Å²) in [5, 5.41) is 6.85. The number of aromatic nitrogens is 1. The Balaban J connectivity index is 1.52. The molecule has 1 atom stereocenters. The fourth-order valence-electron chi connectivity index (χ4n) is 2.65. The van der Waals surface area contributed by atoms with E-state index in [0.717, 1.165) is 36.7 Å². The maximum atomic E-state index is 12.1. The van der Waals surface area contributed by atoms with Crippen LogP contribution in [0.4, 0.5) is 0 Å². The highest BCUT2D eigenvalue weighted by atomic mass is 16.5. The van der Waals surface area contributed by atoms with Crippen LogP contribution in [0.15, 0.2) is 28.8 Å². The Morgan fingerprint density at radius 1 is 1.33 bits per heavy atom. The first-order valence-electron chi connectivity index (χ1n) is 8.14. The van der Waals surface area contributed by atoms with Gasteiger partial charge in [0.25, 0.3) is 5.91 Å². The first-order chi connectivity index (χ1) is 11.6. The molecule has 2 heterocycles. The molecule has 0 aliphatic carbocycles. The summed E-state index contributed by atoms with van der Waals surface area (Å²) in [6, 6.07) is 7.13. The van der Waals surface area contributed by atoms with Crippen molar-refractivity contribution in [2.45, 2.75) is 26.9 Å². The molecule has 3 rings (SSSR count). The molecule has 24 heavy (non-hydrogen) atoms. The third-order valence-corrected chi connectivity index (χ3v) is 4.26. The van der Waals surface area contributed by atoms with Gasteiger partial charge >= 0.3 is 0 Å². The average Bonchev–Trinajstić information content (AvgIpc) is 3.22. The first kappa shape index (κ1) is 16.5. The molecule has 1 saturated heterocycles. The first-order valence-corrected chi connectivity index (χ1v) is 8.14. The number of rotatable bonds is 6. The van der Waals surface area contributed by atoms with Crippen LogP contribution in [0.25, 0.3) is 0 Å². The predicted molar refractivity (Wildman–Crippen MR) is 88.0 cm³/mol. The molecule has 128 valence electrons. The number of hydrogen-bond donors (Lipinski definition) is 1. The third kappa shape index (κ3) is 3.94. The SMILES string of the molecule is Cc1noc(C)c1COc1ccc(C(=O)NCC2CCOC2)cc1. The zero-order valence-electron chi connectivity index (χ0n) is 14.0. The Labute approximate surface area is 141 Å². The van der Waals surface area contributed by atoms with E-state index in [1.165, 1.54) is 0 Å². The summed E-state index contributed by atoms with van der Waals surface area (Å²) in [6.45, 7) is 6.32. The van der Waals surface area contributed by atoms with Gasteiger partial charge in [-0.15, -0.1) is 0 Å². The molecule has 6 heteroatoms. The minimum Gasteiger partial charge on any atom is -0.489 e. The van der Waals surface area contributed by atoms with E-state index >= 15 is 0 Å². The predicted octanol–water partition coefficient (Wildman–Crippen LogP) is 2.64. The fraction of sp³-hybridized carbons (Fsp3) is 0.444. The summed E-state index contributed by atoms with van der Waals surface area (Å²) >= 11 is 0. The van der Waals surface area contributed by atoms with Crippen molar-refractivity contribution in [3.63, 3.8) is 0 Å². The van der Waals surface area contributed by atoms with Crippen LogP contribution in [0, 0.1) is 19.8 Å². The molecule has 0 saturated carbocycles. The van der Waals surface area contributed by atoms with Crippen LogP contribution in [0.1, 0.15) is 33.8 Å². The van der Waals surface area contributed by atoms with E-state index < -0.39 is 0 Å². The highest BCUT2D eigenvalue weighted by molar-refractivity contribution is 5.94. The Hall–Kier alpha value is -2.34. The number of amides is 1.